The molecular weight excluding hydrogens is 414 g/mol. The first kappa shape index (κ1) is 27.8. The molecule has 4 amide bonds. The number of hydrogen-bond acceptors (Lipinski definition) is 7. The van der Waals surface area contributed by atoms with Crippen LogP contribution in [0.4, 0.5) is 0 Å². The number of carboxylic acid groups (broad SMARTS) is 2. The standard InChI is InChI=1S/C18H31N5O8/c1-9(2)7-10(19)16(28)21-8-14(25)22-11(4-6-15(26)27)17(29)23-12(18(30)31)3-5-13(20)24/h9-12H,3-8,19H2,1-2H3,(H2,20,24)(H,21,28)(H,22,25)(H,23,29)(H,26,27)(H,30,31). The van der Waals surface area contributed by atoms with Crippen LogP contribution in [0.5, 0.6) is 0 Å². The average Bonchev–Trinajstić information content (AvgIpc) is 2.64. The van der Waals surface area contributed by atoms with Gasteiger partial charge in [-0.15, -0.1) is 0 Å². The van der Waals surface area contributed by atoms with Gasteiger partial charge in [0.15, 0.2) is 0 Å². The molecule has 0 saturated carbocycles. The molecule has 13 heteroatoms. The molecular formula is C18H31N5O8. The van der Waals surface area contributed by atoms with Crippen LogP contribution in [0.2, 0.25) is 0 Å². The fourth-order valence-corrected chi connectivity index (χ4v) is 2.51. The zero-order valence-corrected chi connectivity index (χ0v) is 17.6. The highest BCUT2D eigenvalue weighted by atomic mass is 16.4. The Balaban J connectivity index is 4.99. The lowest BCUT2D eigenvalue weighted by Gasteiger charge is -2.21. The van der Waals surface area contributed by atoms with Gasteiger partial charge < -0.3 is 37.6 Å². The first-order valence-electron chi connectivity index (χ1n) is 9.69. The first-order chi connectivity index (χ1) is 14.3. The van der Waals surface area contributed by atoms with E-state index < -0.39 is 66.7 Å². The van der Waals surface area contributed by atoms with Crippen molar-refractivity contribution < 1.29 is 39.0 Å². The fraction of sp³-hybridized carbons (Fsp3) is 0.667. The minimum atomic E-state index is -1.46. The molecule has 0 heterocycles. The van der Waals surface area contributed by atoms with E-state index in [0.29, 0.717) is 6.42 Å². The molecule has 31 heavy (non-hydrogen) atoms. The van der Waals surface area contributed by atoms with Crippen LogP contribution in [0.25, 0.3) is 0 Å². The summed E-state index contributed by atoms with van der Waals surface area (Å²) in [6, 6.07) is -3.65. The second-order valence-electron chi connectivity index (χ2n) is 7.41. The van der Waals surface area contributed by atoms with Crippen LogP contribution >= 0.6 is 0 Å². The summed E-state index contributed by atoms with van der Waals surface area (Å²) < 4.78 is 0. The van der Waals surface area contributed by atoms with Crippen LogP contribution in [0.15, 0.2) is 0 Å². The predicted octanol–water partition coefficient (Wildman–Crippen LogP) is -2.34. The smallest absolute Gasteiger partial charge is 0.326 e. The molecule has 13 nitrogen and oxygen atoms in total. The zero-order chi connectivity index (χ0) is 24.1. The molecule has 0 fully saturated rings. The molecule has 0 aliphatic carbocycles. The van der Waals surface area contributed by atoms with Gasteiger partial charge in [-0.2, -0.15) is 0 Å². The summed E-state index contributed by atoms with van der Waals surface area (Å²) in [5.41, 5.74) is 10.7. The van der Waals surface area contributed by atoms with Crippen LogP contribution in [0.3, 0.4) is 0 Å². The number of aliphatic carboxylic acids is 2. The van der Waals surface area contributed by atoms with Crippen molar-refractivity contribution in [1.82, 2.24) is 16.0 Å². The van der Waals surface area contributed by atoms with Crippen molar-refractivity contribution >= 4 is 35.6 Å². The van der Waals surface area contributed by atoms with E-state index >= 15 is 0 Å². The zero-order valence-electron chi connectivity index (χ0n) is 17.6. The number of amides is 4. The minimum Gasteiger partial charge on any atom is -0.481 e. The molecule has 0 aliphatic heterocycles. The van der Waals surface area contributed by atoms with Gasteiger partial charge in [0, 0.05) is 12.8 Å². The van der Waals surface area contributed by atoms with E-state index in [0.717, 1.165) is 0 Å². The van der Waals surface area contributed by atoms with Crippen molar-refractivity contribution in [2.24, 2.45) is 17.4 Å². The van der Waals surface area contributed by atoms with Crippen molar-refractivity contribution in [2.75, 3.05) is 6.54 Å². The van der Waals surface area contributed by atoms with Crippen LogP contribution < -0.4 is 27.4 Å². The largest absolute Gasteiger partial charge is 0.481 e. The Morgan fingerprint density at radius 1 is 0.871 bits per heavy atom. The van der Waals surface area contributed by atoms with Gasteiger partial charge in [0.25, 0.3) is 0 Å². The maximum Gasteiger partial charge on any atom is 0.326 e. The third-order valence-electron chi connectivity index (χ3n) is 4.08. The summed E-state index contributed by atoms with van der Waals surface area (Å²) >= 11 is 0. The van der Waals surface area contributed by atoms with E-state index in [2.05, 4.69) is 16.0 Å². The lowest BCUT2D eigenvalue weighted by atomic mass is 10.0. The van der Waals surface area contributed by atoms with Gasteiger partial charge in [0.1, 0.15) is 12.1 Å². The number of rotatable bonds is 15. The predicted molar refractivity (Wildman–Crippen MR) is 107 cm³/mol. The second-order valence-corrected chi connectivity index (χ2v) is 7.41. The summed E-state index contributed by atoms with van der Waals surface area (Å²) in [6.45, 7) is 3.24. The Kier molecular flexibility index (Phi) is 12.5. The molecule has 0 radical (unpaired) electrons. The van der Waals surface area contributed by atoms with E-state index in [1.165, 1.54) is 0 Å². The number of carbonyl (C=O) groups is 6. The molecule has 176 valence electrons. The number of nitrogens with one attached hydrogen (secondary N) is 3. The van der Waals surface area contributed by atoms with E-state index in [1.807, 2.05) is 13.8 Å². The highest BCUT2D eigenvalue weighted by Gasteiger charge is 2.27. The summed E-state index contributed by atoms with van der Waals surface area (Å²) in [5.74, 6) is -5.56. The number of hydrogen-bond donors (Lipinski definition) is 7. The van der Waals surface area contributed by atoms with Gasteiger partial charge in [-0.05, 0) is 25.2 Å². The van der Waals surface area contributed by atoms with Gasteiger partial charge in [-0.3, -0.25) is 24.0 Å². The third kappa shape index (κ3) is 12.8. The van der Waals surface area contributed by atoms with E-state index in [-0.39, 0.29) is 25.2 Å². The van der Waals surface area contributed by atoms with Crippen molar-refractivity contribution in [3.63, 3.8) is 0 Å². The Bertz CT molecular complexity index is 682. The molecule has 3 unspecified atom stereocenters. The quantitative estimate of drug-likeness (QED) is 0.143. The van der Waals surface area contributed by atoms with Crippen LogP contribution in [-0.2, 0) is 28.8 Å². The first-order valence-corrected chi connectivity index (χ1v) is 9.69. The molecule has 0 rings (SSSR count). The van der Waals surface area contributed by atoms with Crippen molar-refractivity contribution in [3.8, 4) is 0 Å². The van der Waals surface area contributed by atoms with Crippen LogP contribution in [0.1, 0.15) is 46.0 Å². The van der Waals surface area contributed by atoms with Gasteiger partial charge in [0.05, 0.1) is 12.6 Å². The molecule has 9 N–H and O–H groups in total. The molecule has 0 aromatic rings. The Morgan fingerprint density at radius 2 is 1.45 bits per heavy atom. The lowest BCUT2D eigenvalue weighted by Crippen LogP contribution is -2.54. The molecule has 0 saturated heterocycles. The van der Waals surface area contributed by atoms with Crippen molar-refractivity contribution in [1.29, 1.82) is 0 Å². The molecule has 0 aromatic heterocycles. The second kappa shape index (κ2) is 13.9. The lowest BCUT2D eigenvalue weighted by molar-refractivity contribution is -0.143. The summed E-state index contributed by atoms with van der Waals surface area (Å²) in [7, 11) is 0. The molecule has 0 bridgehead atoms. The summed E-state index contributed by atoms with van der Waals surface area (Å²) in [5, 5.41) is 24.7. The Morgan fingerprint density at radius 3 is 1.94 bits per heavy atom. The molecule has 0 aliphatic rings. The SMILES string of the molecule is CC(C)CC(N)C(=O)NCC(=O)NC(CCC(=O)O)C(=O)NC(CCC(N)=O)C(=O)O. The maximum atomic E-state index is 12.4. The molecule has 0 aromatic carbocycles. The van der Waals surface area contributed by atoms with Gasteiger partial charge >= 0.3 is 11.9 Å². The Hall–Kier alpha value is -3.22. The molecule has 3 atom stereocenters. The average molecular weight is 445 g/mol. The normalized spacial score (nSPS) is 13.5. The number of carboxylic acids is 2. The van der Waals surface area contributed by atoms with E-state index in [1.54, 1.807) is 0 Å². The van der Waals surface area contributed by atoms with Gasteiger partial charge in [-0.1, -0.05) is 13.8 Å². The summed E-state index contributed by atoms with van der Waals surface area (Å²) in [4.78, 5) is 69.4. The van der Waals surface area contributed by atoms with Crippen LogP contribution in [-0.4, -0.2) is 70.5 Å². The Labute approximate surface area is 179 Å². The van der Waals surface area contributed by atoms with Gasteiger partial charge in [0.2, 0.25) is 23.6 Å². The van der Waals surface area contributed by atoms with Crippen LogP contribution in [0, 0.1) is 5.92 Å². The third-order valence-corrected chi connectivity index (χ3v) is 4.08. The molecule has 0 spiro atoms. The van der Waals surface area contributed by atoms with Crippen molar-refractivity contribution in [2.45, 2.75) is 64.1 Å². The monoisotopic (exact) mass is 445 g/mol. The topological polar surface area (TPSA) is 231 Å². The van der Waals surface area contributed by atoms with Gasteiger partial charge in [-0.25, -0.2) is 4.79 Å². The number of carbonyl (C=O) groups excluding carboxylic acids is 4. The number of primary amides is 1. The number of nitrogens with two attached hydrogens (primary N) is 2. The fourth-order valence-electron chi connectivity index (χ4n) is 2.51. The minimum absolute atomic E-state index is 0.162. The highest BCUT2D eigenvalue weighted by Crippen LogP contribution is 2.04. The maximum absolute atomic E-state index is 12.4. The van der Waals surface area contributed by atoms with Crippen molar-refractivity contribution in [3.05, 3.63) is 0 Å². The van der Waals surface area contributed by atoms with E-state index in [4.69, 9.17) is 21.7 Å². The summed E-state index contributed by atoms with van der Waals surface area (Å²) in [6.07, 6.45) is -0.982. The highest BCUT2D eigenvalue weighted by molar-refractivity contribution is 5.92. The van der Waals surface area contributed by atoms with E-state index in [9.17, 15) is 28.8 Å².